The molecule has 0 aromatic rings. The lowest BCUT2D eigenvalue weighted by Crippen LogP contribution is -2.46. The van der Waals surface area contributed by atoms with Gasteiger partial charge in [-0.25, -0.2) is 0 Å². The molecule has 1 saturated heterocycles. The molecule has 0 aromatic heterocycles. The van der Waals surface area contributed by atoms with Crippen molar-refractivity contribution >= 4 is 5.91 Å². The molecule has 0 spiro atoms. The Morgan fingerprint density at radius 3 is 2.85 bits per heavy atom. The van der Waals surface area contributed by atoms with E-state index in [2.05, 4.69) is 19.2 Å². The van der Waals surface area contributed by atoms with Crippen molar-refractivity contribution in [3.63, 3.8) is 0 Å². The van der Waals surface area contributed by atoms with Gasteiger partial charge in [0.2, 0.25) is 5.91 Å². The zero-order valence-corrected chi connectivity index (χ0v) is 8.84. The summed E-state index contributed by atoms with van der Waals surface area (Å²) in [6.45, 7) is 8.91. The molecule has 0 aromatic carbocycles. The maximum Gasteiger partial charge on any atom is 0.226 e. The first-order valence-corrected chi connectivity index (χ1v) is 5.14. The Morgan fingerprint density at radius 2 is 2.23 bits per heavy atom. The molecule has 0 saturated carbocycles. The summed E-state index contributed by atoms with van der Waals surface area (Å²) in [6.07, 6.45) is 1.07. The van der Waals surface area contributed by atoms with E-state index in [4.69, 9.17) is 0 Å². The van der Waals surface area contributed by atoms with Crippen LogP contribution in [0, 0.1) is 5.92 Å². The predicted molar refractivity (Wildman–Crippen MR) is 53.5 cm³/mol. The van der Waals surface area contributed by atoms with Gasteiger partial charge < -0.3 is 10.2 Å². The molecule has 3 nitrogen and oxygen atoms in total. The van der Waals surface area contributed by atoms with Crippen LogP contribution in [0.2, 0.25) is 0 Å². The number of amides is 1. The highest BCUT2D eigenvalue weighted by atomic mass is 16.2. The largest absolute Gasteiger partial charge is 0.340 e. The van der Waals surface area contributed by atoms with E-state index in [-0.39, 0.29) is 5.92 Å². The average Bonchev–Trinajstić information content (AvgIpc) is 2.06. The summed E-state index contributed by atoms with van der Waals surface area (Å²) in [5, 5.41) is 3.28. The van der Waals surface area contributed by atoms with Gasteiger partial charge in [0.05, 0.1) is 0 Å². The van der Waals surface area contributed by atoms with E-state index < -0.39 is 0 Å². The number of carbonyl (C=O) groups excluding carboxylic acids is 1. The number of rotatable bonds is 1. The van der Waals surface area contributed by atoms with Gasteiger partial charge in [-0.05, 0) is 26.8 Å². The predicted octanol–water partition coefficient (Wildman–Crippen LogP) is 0.853. The van der Waals surface area contributed by atoms with E-state index in [1.165, 1.54) is 0 Å². The van der Waals surface area contributed by atoms with Crippen LogP contribution < -0.4 is 5.32 Å². The summed E-state index contributed by atoms with van der Waals surface area (Å²) < 4.78 is 0. The van der Waals surface area contributed by atoms with E-state index in [0.29, 0.717) is 11.9 Å². The van der Waals surface area contributed by atoms with Crippen molar-refractivity contribution in [2.75, 3.05) is 19.6 Å². The first-order valence-electron chi connectivity index (χ1n) is 5.14. The van der Waals surface area contributed by atoms with E-state index >= 15 is 0 Å². The minimum Gasteiger partial charge on any atom is -0.340 e. The highest BCUT2D eigenvalue weighted by Crippen LogP contribution is 2.09. The van der Waals surface area contributed by atoms with Gasteiger partial charge in [-0.2, -0.15) is 0 Å². The lowest BCUT2D eigenvalue weighted by molar-refractivity contribution is -0.137. The molecule has 3 heteroatoms. The topological polar surface area (TPSA) is 32.3 Å². The van der Waals surface area contributed by atoms with Gasteiger partial charge in [0, 0.05) is 25.0 Å². The van der Waals surface area contributed by atoms with Crippen LogP contribution >= 0.6 is 0 Å². The quantitative estimate of drug-likeness (QED) is 0.655. The number of nitrogens with zero attached hydrogens (tertiary/aromatic N) is 1. The number of carbonyl (C=O) groups is 1. The summed E-state index contributed by atoms with van der Waals surface area (Å²) in [5.41, 5.74) is 0. The summed E-state index contributed by atoms with van der Waals surface area (Å²) >= 11 is 0. The van der Waals surface area contributed by atoms with Crippen LogP contribution in [0.3, 0.4) is 0 Å². The average molecular weight is 184 g/mol. The van der Waals surface area contributed by atoms with Gasteiger partial charge in [-0.1, -0.05) is 6.92 Å². The third kappa shape index (κ3) is 2.69. The Hall–Kier alpha value is -0.570. The molecule has 1 rings (SSSR count). The molecule has 13 heavy (non-hydrogen) atoms. The van der Waals surface area contributed by atoms with Crippen molar-refractivity contribution in [1.82, 2.24) is 10.2 Å². The lowest BCUT2D eigenvalue weighted by atomic mass is 10.1. The molecule has 1 fully saturated rings. The zero-order chi connectivity index (χ0) is 9.84. The Balaban J connectivity index is 2.62. The van der Waals surface area contributed by atoms with E-state index in [0.717, 1.165) is 26.1 Å². The molecule has 1 amide bonds. The molecule has 1 atom stereocenters. The molecule has 0 radical (unpaired) electrons. The highest BCUT2D eigenvalue weighted by Gasteiger charge is 2.23. The van der Waals surface area contributed by atoms with Crippen LogP contribution in [-0.2, 0) is 4.79 Å². The Morgan fingerprint density at radius 1 is 1.54 bits per heavy atom. The lowest BCUT2D eigenvalue weighted by Gasteiger charge is -2.31. The van der Waals surface area contributed by atoms with Crippen LogP contribution in [0.15, 0.2) is 0 Å². The van der Waals surface area contributed by atoms with Crippen molar-refractivity contribution in [2.45, 2.75) is 33.2 Å². The smallest absolute Gasteiger partial charge is 0.226 e. The summed E-state index contributed by atoms with van der Waals surface area (Å²) in [7, 11) is 0. The summed E-state index contributed by atoms with van der Waals surface area (Å²) in [4.78, 5) is 13.8. The Bertz CT molecular complexity index is 180. The van der Waals surface area contributed by atoms with E-state index in [1.54, 1.807) is 0 Å². The fraction of sp³-hybridized carbons (Fsp3) is 0.900. The van der Waals surface area contributed by atoms with E-state index in [9.17, 15) is 4.79 Å². The van der Waals surface area contributed by atoms with Crippen molar-refractivity contribution in [2.24, 2.45) is 5.92 Å². The van der Waals surface area contributed by atoms with E-state index in [1.807, 2.05) is 11.8 Å². The van der Waals surface area contributed by atoms with Gasteiger partial charge >= 0.3 is 0 Å². The standard InChI is InChI=1S/C10H20N2O/c1-8(2)12-6-4-5-11-7-9(3)10(12)13/h8-9,11H,4-7H2,1-3H3. The van der Waals surface area contributed by atoms with Crippen LogP contribution in [-0.4, -0.2) is 36.5 Å². The monoisotopic (exact) mass is 184 g/mol. The third-order valence-electron chi connectivity index (χ3n) is 2.53. The molecular formula is C10H20N2O. The number of hydrogen-bond donors (Lipinski definition) is 1. The second-order valence-corrected chi connectivity index (χ2v) is 4.08. The summed E-state index contributed by atoms with van der Waals surface area (Å²) in [5.74, 6) is 0.421. The van der Waals surface area contributed by atoms with Crippen molar-refractivity contribution < 1.29 is 4.79 Å². The SMILES string of the molecule is CC1CNCCCN(C(C)C)C1=O. The van der Waals surface area contributed by atoms with Crippen molar-refractivity contribution in [3.8, 4) is 0 Å². The van der Waals surface area contributed by atoms with Crippen LogP contribution in [0.1, 0.15) is 27.2 Å². The van der Waals surface area contributed by atoms with Gasteiger partial charge in [0.25, 0.3) is 0 Å². The van der Waals surface area contributed by atoms with Gasteiger partial charge in [0.15, 0.2) is 0 Å². The second kappa shape index (κ2) is 4.61. The maximum atomic E-state index is 11.8. The molecular weight excluding hydrogens is 164 g/mol. The maximum absolute atomic E-state index is 11.8. The molecule has 1 N–H and O–H groups in total. The molecule has 1 heterocycles. The first kappa shape index (κ1) is 10.5. The van der Waals surface area contributed by atoms with Crippen LogP contribution in [0.4, 0.5) is 0 Å². The zero-order valence-electron chi connectivity index (χ0n) is 8.84. The molecule has 1 aliphatic rings. The van der Waals surface area contributed by atoms with Gasteiger partial charge in [-0.3, -0.25) is 4.79 Å². The van der Waals surface area contributed by atoms with Gasteiger partial charge in [0.1, 0.15) is 0 Å². The number of hydrogen-bond acceptors (Lipinski definition) is 2. The molecule has 0 bridgehead atoms. The molecule has 1 unspecified atom stereocenters. The third-order valence-corrected chi connectivity index (χ3v) is 2.53. The fourth-order valence-corrected chi connectivity index (χ4v) is 1.69. The van der Waals surface area contributed by atoms with Crippen molar-refractivity contribution in [3.05, 3.63) is 0 Å². The Kier molecular flexibility index (Phi) is 3.72. The van der Waals surface area contributed by atoms with Gasteiger partial charge in [-0.15, -0.1) is 0 Å². The fourth-order valence-electron chi connectivity index (χ4n) is 1.69. The van der Waals surface area contributed by atoms with Crippen LogP contribution in [0.5, 0.6) is 0 Å². The first-order chi connectivity index (χ1) is 6.13. The minimum absolute atomic E-state index is 0.127. The molecule has 0 aliphatic carbocycles. The molecule has 1 aliphatic heterocycles. The van der Waals surface area contributed by atoms with Crippen LogP contribution in [0.25, 0.3) is 0 Å². The summed E-state index contributed by atoms with van der Waals surface area (Å²) in [6, 6.07) is 0.341. The number of nitrogens with one attached hydrogen (secondary N) is 1. The van der Waals surface area contributed by atoms with Crippen molar-refractivity contribution in [1.29, 1.82) is 0 Å². The second-order valence-electron chi connectivity index (χ2n) is 4.08. The normalized spacial score (nSPS) is 26.0. The minimum atomic E-state index is 0.127. The molecule has 76 valence electrons. The highest BCUT2D eigenvalue weighted by molar-refractivity contribution is 5.79. The Labute approximate surface area is 80.5 Å².